The fourth-order valence-electron chi connectivity index (χ4n) is 1.22. The Balaban J connectivity index is 2.40. The van der Waals surface area contributed by atoms with Gasteiger partial charge >= 0.3 is 0 Å². The first-order chi connectivity index (χ1) is 8.28. The van der Waals surface area contributed by atoms with Crippen molar-refractivity contribution in [1.29, 1.82) is 0 Å². The molecule has 100 valence electrons. The van der Waals surface area contributed by atoms with E-state index in [-0.39, 0.29) is 19.1 Å². The molecule has 0 saturated carbocycles. The molecule has 1 aromatic rings. The molecule has 0 atom stereocenters. The van der Waals surface area contributed by atoms with Crippen molar-refractivity contribution in [3.8, 4) is 5.75 Å². The molecule has 1 amide bonds. The molecule has 0 fully saturated rings. The van der Waals surface area contributed by atoms with E-state index in [9.17, 15) is 9.90 Å². The summed E-state index contributed by atoms with van der Waals surface area (Å²) in [6.45, 7) is 5.21. The number of hydrogen-bond acceptors (Lipinski definition) is 3. The predicted molar refractivity (Wildman–Crippen MR) is 71.0 cm³/mol. The Bertz CT molecular complexity index is 427. The second-order valence-corrected chi connectivity index (χ2v) is 5.20. The predicted octanol–water partition coefficient (Wildman–Crippen LogP) is 1.91. The summed E-state index contributed by atoms with van der Waals surface area (Å²) in [4.78, 5) is 11.4. The number of nitrogens with one attached hydrogen (secondary N) is 1. The van der Waals surface area contributed by atoms with Crippen LogP contribution in [-0.2, 0) is 4.79 Å². The highest BCUT2D eigenvalue weighted by Crippen LogP contribution is 2.20. The van der Waals surface area contributed by atoms with Crippen molar-refractivity contribution in [2.24, 2.45) is 0 Å². The Morgan fingerprint density at radius 2 is 2.17 bits per heavy atom. The summed E-state index contributed by atoms with van der Waals surface area (Å²) < 4.78 is 5.32. The third-order valence-corrected chi connectivity index (χ3v) is 2.64. The summed E-state index contributed by atoms with van der Waals surface area (Å²) in [5.74, 6) is 0.319. The monoisotopic (exact) mass is 271 g/mol. The third-order valence-electron chi connectivity index (χ3n) is 2.22. The lowest BCUT2D eigenvalue weighted by atomic mass is 10.1. The highest BCUT2D eigenvalue weighted by Gasteiger charge is 2.14. The molecule has 0 aliphatic heterocycles. The van der Waals surface area contributed by atoms with Gasteiger partial charge in [0, 0.05) is 11.6 Å². The molecular formula is C13H18ClNO3. The number of ether oxygens (including phenoxy) is 1. The molecule has 0 aromatic heterocycles. The van der Waals surface area contributed by atoms with Crippen LogP contribution in [0, 0.1) is 6.92 Å². The zero-order valence-electron chi connectivity index (χ0n) is 10.8. The molecule has 5 heteroatoms. The summed E-state index contributed by atoms with van der Waals surface area (Å²) in [6, 6.07) is 5.20. The van der Waals surface area contributed by atoms with Gasteiger partial charge in [0.05, 0.1) is 5.60 Å². The molecule has 18 heavy (non-hydrogen) atoms. The summed E-state index contributed by atoms with van der Waals surface area (Å²) in [7, 11) is 0. The molecule has 4 nitrogen and oxygen atoms in total. The van der Waals surface area contributed by atoms with Gasteiger partial charge in [-0.3, -0.25) is 4.79 Å². The number of aryl methyl sites for hydroxylation is 1. The van der Waals surface area contributed by atoms with Gasteiger partial charge in [0.25, 0.3) is 5.91 Å². The molecule has 0 radical (unpaired) electrons. The molecule has 0 unspecified atom stereocenters. The maximum Gasteiger partial charge on any atom is 0.258 e. The summed E-state index contributed by atoms with van der Waals surface area (Å²) >= 11 is 5.88. The number of hydrogen-bond donors (Lipinski definition) is 2. The van der Waals surface area contributed by atoms with E-state index in [4.69, 9.17) is 16.3 Å². The average molecular weight is 272 g/mol. The van der Waals surface area contributed by atoms with Gasteiger partial charge in [-0.2, -0.15) is 0 Å². The van der Waals surface area contributed by atoms with E-state index in [2.05, 4.69) is 5.32 Å². The minimum atomic E-state index is -0.924. The fourth-order valence-corrected chi connectivity index (χ4v) is 1.34. The lowest BCUT2D eigenvalue weighted by Crippen LogP contribution is -2.40. The third kappa shape index (κ3) is 5.38. The molecule has 0 aliphatic carbocycles. The number of halogens is 1. The average Bonchev–Trinajstić information content (AvgIpc) is 2.27. The van der Waals surface area contributed by atoms with Crippen LogP contribution >= 0.6 is 11.6 Å². The Kier molecular flexibility index (Phi) is 4.99. The highest BCUT2D eigenvalue weighted by atomic mass is 35.5. The molecule has 0 aliphatic rings. The molecule has 0 saturated heterocycles. The minimum Gasteiger partial charge on any atom is -0.484 e. The fraction of sp³-hybridized carbons (Fsp3) is 0.462. The molecular weight excluding hydrogens is 254 g/mol. The smallest absolute Gasteiger partial charge is 0.258 e. The lowest BCUT2D eigenvalue weighted by molar-refractivity contribution is -0.124. The highest BCUT2D eigenvalue weighted by molar-refractivity contribution is 6.31. The summed E-state index contributed by atoms with van der Waals surface area (Å²) in [6.07, 6.45) is 0. The van der Waals surface area contributed by atoms with Crippen LogP contribution in [0.15, 0.2) is 18.2 Å². The van der Waals surface area contributed by atoms with Crippen LogP contribution in [0.4, 0.5) is 0 Å². The molecule has 0 spiro atoms. The normalized spacial score (nSPS) is 11.2. The SMILES string of the molecule is Cc1cc(OCC(=O)NCC(C)(C)O)ccc1Cl. The zero-order chi connectivity index (χ0) is 13.8. The Labute approximate surface area is 112 Å². The van der Waals surface area contributed by atoms with Gasteiger partial charge in [-0.25, -0.2) is 0 Å². The van der Waals surface area contributed by atoms with E-state index in [1.165, 1.54) is 0 Å². The maximum atomic E-state index is 11.4. The molecule has 2 N–H and O–H groups in total. The van der Waals surface area contributed by atoms with Gasteiger partial charge in [0.15, 0.2) is 6.61 Å². The second kappa shape index (κ2) is 6.07. The number of carbonyl (C=O) groups excluding carboxylic acids is 1. The zero-order valence-corrected chi connectivity index (χ0v) is 11.5. The number of rotatable bonds is 5. The standard InChI is InChI=1S/C13H18ClNO3/c1-9-6-10(4-5-11(9)14)18-7-12(16)15-8-13(2,3)17/h4-6,17H,7-8H2,1-3H3,(H,15,16). The first-order valence-electron chi connectivity index (χ1n) is 5.66. The molecule has 1 rings (SSSR count). The van der Waals surface area contributed by atoms with Crippen molar-refractivity contribution in [1.82, 2.24) is 5.32 Å². The maximum absolute atomic E-state index is 11.4. The van der Waals surface area contributed by atoms with Crippen molar-refractivity contribution in [2.45, 2.75) is 26.4 Å². The lowest BCUT2D eigenvalue weighted by Gasteiger charge is -2.17. The number of benzene rings is 1. The number of aliphatic hydroxyl groups is 1. The van der Waals surface area contributed by atoms with Crippen LogP contribution in [0.2, 0.25) is 5.02 Å². The van der Waals surface area contributed by atoms with E-state index in [1.807, 2.05) is 6.92 Å². The van der Waals surface area contributed by atoms with Gasteiger partial charge in [-0.1, -0.05) is 11.6 Å². The summed E-state index contributed by atoms with van der Waals surface area (Å²) in [5, 5.41) is 12.7. The second-order valence-electron chi connectivity index (χ2n) is 4.79. The van der Waals surface area contributed by atoms with E-state index in [1.54, 1.807) is 32.0 Å². The molecule has 0 heterocycles. The first-order valence-corrected chi connectivity index (χ1v) is 6.04. The van der Waals surface area contributed by atoms with Crippen LogP contribution in [0.25, 0.3) is 0 Å². The van der Waals surface area contributed by atoms with Crippen molar-refractivity contribution in [3.63, 3.8) is 0 Å². The topological polar surface area (TPSA) is 58.6 Å². The first kappa shape index (κ1) is 14.8. The van der Waals surface area contributed by atoms with Crippen molar-refractivity contribution >= 4 is 17.5 Å². The van der Waals surface area contributed by atoms with Crippen LogP contribution in [0.3, 0.4) is 0 Å². The van der Waals surface area contributed by atoms with Crippen LogP contribution in [0.1, 0.15) is 19.4 Å². The Morgan fingerprint density at radius 3 is 2.72 bits per heavy atom. The van der Waals surface area contributed by atoms with E-state index < -0.39 is 5.60 Å². The van der Waals surface area contributed by atoms with Gasteiger partial charge in [-0.05, 0) is 44.5 Å². The van der Waals surface area contributed by atoms with Crippen LogP contribution in [-0.4, -0.2) is 29.8 Å². The molecule has 0 bridgehead atoms. The van der Waals surface area contributed by atoms with Gasteiger partial charge in [-0.15, -0.1) is 0 Å². The van der Waals surface area contributed by atoms with Crippen molar-refractivity contribution in [2.75, 3.05) is 13.2 Å². The van der Waals surface area contributed by atoms with E-state index in [0.29, 0.717) is 10.8 Å². The van der Waals surface area contributed by atoms with Gasteiger partial charge in [0.1, 0.15) is 5.75 Å². The van der Waals surface area contributed by atoms with Crippen molar-refractivity contribution < 1.29 is 14.6 Å². The van der Waals surface area contributed by atoms with Crippen LogP contribution in [0.5, 0.6) is 5.75 Å². The van der Waals surface area contributed by atoms with Gasteiger partial charge < -0.3 is 15.2 Å². The van der Waals surface area contributed by atoms with E-state index >= 15 is 0 Å². The summed E-state index contributed by atoms with van der Waals surface area (Å²) in [5.41, 5.74) is -0.0296. The van der Waals surface area contributed by atoms with Gasteiger partial charge in [0.2, 0.25) is 0 Å². The largest absolute Gasteiger partial charge is 0.484 e. The number of carbonyl (C=O) groups is 1. The Morgan fingerprint density at radius 1 is 1.50 bits per heavy atom. The Hall–Kier alpha value is -1.26. The molecule has 1 aromatic carbocycles. The van der Waals surface area contributed by atoms with Crippen molar-refractivity contribution in [3.05, 3.63) is 28.8 Å². The minimum absolute atomic E-state index is 0.0862. The quantitative estimate of drug-likeness (QED) is 0.860. The number of amides is 1. The van der Waals surface area contributed by atoms with E-state index in [0.717, 1.165) is 5.56 Å². The van der Waals surface area contributed by atoms with Crippen LogP contribution < -0.4 is 10.1 Å².